The van der Waals surface area contributed by atoms with Crippen LogP contribution in [-0.4, -0.2) is 42.5 Å². The molecule has 1 N–H and O–H groups in total. The molecule has 2 atom stereocenters. The first-order valence-corrected chi connectivity index (χ1v) is 8.26. The average molecular weight is 318 g/mol. The van der Waals surface area contributed by atoms with E-state index >= 15 is 0 Å². The van der Waals surface area contributed by atoms with Crippen molar-refractivity contribution in [2.24, 2.45) is 0 Å². The van der Waals surface area contributed by atoms with Crippen LogP contribution in [0.1, 0.15) is 38.7 Å². The average Bonchev–Trinajstić information content (AvgIpc) is 2.55. The number of piperidine rings is 1. The molecule has 1 aliphatic rings. The first kappa shape index (κ1) is 17.3. The van der Waals surface area contributed by atoms with Crippen LogP contribution in [0, 0.1) is 0 Å². The summed E-state index contributed by atoms with van der Waals surface area (Å²) in [5, 5.41) is 2.74. The maximum Gasteiger partial charge on any atom is 0.312 e. The zero-order valence-corrected chi connectivity index (χ0v) is 14.2. The summed E-state index contributed by atoms with van der Waals surface area (Å²) in [5.74, 6) is -0.0976. The molecule has 0 bridgehead atoms. The van der Waals surface area contributed by atoms with Gasteiger partial charge in [-0.05, 0) is 57.2 Å². The molecule has 2 rings (SSSR count). The van der Waals surface area contributed by atoms with Crippen molar-refractivity contribution in [2.45, 2.75) is 51.6 Å². The highest BCUT2D eigenvalue weighted by Crippen LogP contribution is 2.22. The van der Waals surface area contributed by atoms with E-state index in [-0.39, 0.29) is 12.1 Å². The van der Waals surface area contributed by atoms with E-state index in [4.69, 9.17) is 4.74 Å². The van der Waals surface area contributed by atoms with Gasteiger partial charge in [-0.2, -0.15) is 0 Å². The largest absolute Gasteiger partial charge is 0.497 e. The molecule has 1 aromatic rings. The number of rotatable bonds is 4. The molecule has 0 saturated carbocycles. The lowest BCUT2D eigenvalue weighted by molar-refractivity contribution is -0.150. The summed E-state index contributed by atoms with van der Waals surface area (Å²) in [6.45, 7) is 4.48. The first-order valence-electron chi connectivity index (χ1n) is 8.26. The quantitative estimate of drug-likeness (QED) is 0.865. The van der Waals surface area contributed by atoms with Crippen LogP contribution >= 0.6 is 0 Å². The fourth-order valence-corrected chi connectivity index (χ4v) is 3.13. The minimum atomic E-state index is -0.501. The fraction of sp³-hybridized carbons (Fsp3) is 0.556. The van der Waals surface area contributed by atoms with Crippen LogP contribution in [0.2, 0.25) is 0 Å². The Balaban J connectivity index is 1.82. The van der Waals surface area contributed by atoms with Gasteiger partial charge in [0.25, 0.3) is 0 Å². The van der Waals surface area contributed by atoms with Crippen LogP contribution in [0.3, 0.4) is 0 Å². The number of carbonyl (C=O) groups excluding carboxylic acids is 2. The van der Waals surface area contributed by atoms with Crippen molar-refractivity contribution < 1.29 is 14.3 Å². The van der Waals surface area contributed by atoms with Gasteiger partial charge in [0.15, 0.2) is 0 Å². The van der Waals surface area contributed by atoms with Crippen LogP contribution < -0.4 is 10.1 Å². The Morgan fingerprint density at radius 3 is 2.35 bits per heavy atom. The lowest BCUT2D eigenvalue weighted by Gasteiger charge is -2.38. The number of likely N-dealkylation sites (tertiary alicyclic amines) is 1. The molecular formula is C18H26N2O3. The number of methoxy groups -OCH3 is 1. The van der Waals surface area contributed by atoms with Gasteiger partial charge in [0, 0.05) is 18.6 Å². The Kier molecular flexibility index (Phi) is 6.02. The molecule has 126 valence electrons. The van der Waals surface area contributed by atoms with E-state index in [0.29, 0.717) is 13.0 Å². The number of hydrogen-bond acceptors (Lipinski definition) is 3. The summed E-state index contributed by atoms with van der Waals surface area (Å²) in [5.41, 5.74) is 1.10. The molecule has 5 heteroatoms. The van der Waals surface area contributed by atoms with Crippen LogP contribution in [0.4, 0.5) is 0 Å². The molecule has 1 saturated heterocycles. The lowest BCUT2D eigenvalue weighted by atomic mass is 9.97. The van der Waals surface area contributed by atoms with E-state index in [2.05, 4.69) is 5.32 Å². The third-order valence-electron chi connectivity index (χ3n) is 4.48. The molecular weight excluding hydrogens is 292 g/mol. The second kappa shape index (κ2) is 7.99. The summed E-state index contributed by atoms with van der Waals surface area (Å²) in [6.07, 6.45) is 3.74. The number of benzene rings is 1. The van der Waals surface area contributed by atoms with E-state index in [1.165, 1.54) is 0 Å². The van der Waals surface area contributed by atoms with Crippen molar-refractivity contribution in [3.63, 3.8) is 0 Å². The summed E-state index contributed by atoms with van der Waals surface area (Å²) in [7, 11) is 1.63. The summed E-state index contributed by atoms with van der Waals surface area (Å²) < 4.78 is 5.11. The molecule has 2 unspecified atom stereocenters. The van der Waals surface area contributed by atoms with E-state index < -0.39 is 11.8 Å². The van der Waals surface area contributed by atoms with Crippen molar-refractivity contribution in [2.75, 3.05) is 13.7 Å². The minimum Gasteiger partial charge on any atom is -0.497 e. The number of ether oxygens (including phenoxy) is 1. The first-order chi connectivity index (χ1) is 11.0. The van der Waals surface area contributed by atoms with Gasteiger partial charge in [-0.15, -0.1) is 0 Å². The highest BCUT2D eigenvalue weighted by Gasteiger charge is 2.32. The van der Waals surface area contributed by atoms with Crippen molar-refractivity contribution >= 4 is 11.8 Å². The second-order valence-corrected chi connectivity index (χ2v) is 6.20. The lowest BCUT2D eigenvalue weighted by Crippen LogP contribution is -2.53. The van der Waals surface area contributed by atoms with Crippen LogP contribution in [-0.2, 0) is 16.0 Å². The smallest absolute Gasteiger partial charge is 0.312 e. The Labute approximate surface area is 138 Å². The summed E-state index contributed by atoms with van der Waals surface area (Å²) in [6, 6.07) is 7.97. The Morgan fingerprint density at radius 2 is 1.78 bits per heavy atom. The molecule has 1 heterocycles. The summed E-state index contributed by atoms with van der Waals surface area (Å²) >= 11 is 0. The van der Waals surface area contributed by atoms with Crippen LogP contribution in [0.15, 0.2) is 24.3 Å². The molecule has 5 nitrogen and oxygen atoms in total. The Bertz CT molecular complexity index is 532. The highest BCUT2D eigenvalue weighted by molar-refractivity contribution is 6.35. The van der Waals surface area contributed by atoms with Crippen LogP contribution in [0.25, 0.3) is 0 Å². The van der Waals surface area contributed by atoms with Gasteiger partial charge in [0.05, 0.1) is 7.11 Å². The van der Waals surface area contributed by atoms with Crippen LogP contribution in [0.5, 0.6) is 5.75 Å². The van der Waals surface area contributed by atoms with Crippen molar-refractivity contribution in [3.8, 4) is 5.75 Å². The van der Waals surface area contributed by atoms with E-state index in [1.54, 1.807) is 12.0 Å². The molecule has 23 heavy (non-hydrogen) atoms. The fourth-order valence-electron chi connectivity index (χ4n) is 3.13. The normalized spacial score (nSPS) is 20.9. The monoisotopic (exact) mass is 318 g/mol. The van der Waals surface area contributed by atoms with E-state index in [9.17, 15) is 9.59 Å². The van der Waals surface area contributed by atoms with Gasteiger partial charge in [-0.25, -0.2) is 0 Å². The second-order valence-electron chi connectivity index (χ2n) is 6.20. The van der Waals surface area contributed by atoms with Gasteiger partial charge < -0.3 is 15.0 Å². The Morgan fingerprint density at radius 1 is 1.17 bits per heavy atom. The van der Waals surface area contributed by atoms with Gasteiger partial charge in [-0.3, -0.25) is 9.59 Å². The molecule has 0 radical (unpaired) electrons. The zero-order chi connectivity index (χ0) is 16.8. The number of hydrogen-bond donors (Lipinski definition) is 1. The number of nitrogens with zero attached hydrogens (tertiary/aromatic N) is 1. The number of amides is 2. The van der Waals surface area contributed by atoms with Gasteiger partial charge in [-0.1, -0.05) is 12.1 Å². The summed E-state index contributed by atoms with van der Waals surface area (Å²) in [4.78, 5) is 26.2. The zero-order valence-electron chi connectivity index (χ0n) is 14.2. The maximum absolute atomic E-state index is 12.3. The minimum absolute atomic E-state index is 0.138. The van der Waals surface area contributed by atoms with Crippen molar-refractivity contribution in [3.05, 3.63) is 29.8 Å². The standard InChI is InChI=1S/C18H26N2O3/c1-13-5-4-6-14(2)20(13)18(22)17(21)19-12-11-15-7-9-16(23-3)10-8-15/h7-10,13-14H,4-6,11-12H2,1-3H3,(H,19,21). The van der Waals surface area contributed by atoms with Crippen molar-refractivity contribution in [1.29, 1.82) is 0 Å². The third-order valence-corrected chi connectivity index (χ3v) is 4.48. The van der Waals surface area contributed by atoms with Crippen molar-refractivity contribution in [1.82, 2.24) is 10.2 Å². The molecule has 1 fully saturated rings. The molecule has 1 aliphatic heterocycles. The molecule has 0 aliphatic carbocycles. The number of carbonyl (C=O) groups is 2. The van der Waals surface area contributed by atoms with Gasteiger partial charge >= 0.3 is 11.8 Å². The molecule has 1 aromatic carbocycles. The number of nitrogens with one attached hydrogen (secondary N) is 1. The predicted octanol–water partition coefficient (Wildman–Crippen LogP) is 2.14. The third kappa shape index (κ3) is 4.47. The molecule has 0 aromatic heterocycles. The SMILES string of the molecule is COc1ccc(CCNC(=O)C(=O)N2C(C)CCCC2C)cc1. The maximum atomic E-state index is 12.3. The van der Waals surface area contributed by atoms with Gasteiger partial charge in [0.1, 0.15) is 5.75 Å². The predicted molar refractivity (Wildman–Crippen MR) is 89.3 cm³/mol. The van der Waals surface area contributed by atoms with E-state index in [1.807, 2.05) is 38.1 Å². The van der Waals surface area contributed by atoms with E-state index in [0.717, 1.165) is 30.6 Å². The topological polar surface area (TPSA) is 58.6 Å². The molecule has 0 spiro atoms. The molecule has 2 amide bonds. The Hall–Kier alpha value is -2.04. The van der Waals surface area contributed by atoms with Gasteiger partial charge in [0.2, 0.25) is 0 Å². The highest BCUT2D eigenvalue weighted by atomic mass is 16.5.